The Balaban J connectivity index is 2.24. The molecular weight excluding hydrogens is 192 g/mol. The van der Waals surface area contributed by atoms with Crippen LogP contribution < -0.4 is 4.90 Å². The molecule has 1 radical (unpaired) electrons. The van der Waals surface area contributed by atoms with Crippen molar-refractivity contribution >= 4 is 17.6 Å². The Bertz CT molecular complexity index is 332. The Hall–Kier alpha value is -0.960. The zero-order chi connectivity index (χ0) is 9.97. The largest absolute Gasteiger partial charge is 0.319 e. The van der Waals surface area contributed by atoms with Crippen LogP contribution in [0.1, 0.15) is 6.92 Å². The van der Waals surface area contributed by atoms with E-state index < -0.39 is 0 Å². The van der Waals surface area contributed by atoms with Crippen molar-refractivity contribution in [1.82, 2.24) is 4.98 Å². The average Bonchev–Trinajstić information content (AvgIpc) is 2.67. The summed E-state index contributed by atoms with van der Waals surface area (Å²) in [6, 6.07) is 5.97. The number of pyridine rings is 1. The van der Waals surface area contributed by atoms with E-state index in [9.17, 15) is 0 Å². The molecule has 0 bridgehead atoms. The lowest BCUT2D eigenvalue weighted by Gasteiger charge is -2.22. The molecule has 73 valence electrons. The highest BCUT2D eigenvalue weighted by Gasteiger charge is 2.20. The lowest BCUT2D eigenvalue weighted by molar-refractivity contribution is 0.805. The lowest BCUT2D eigenvalue weighted by Crippen LogP contribution is -2.21. The van der Waals surface area contributed by atoms with Gasteiger partial charge in [-0.1, -0.05) is 13.0 Å². The summed E-state index contributed by atoms with van der Waals surface area (Å²) in [6.45, 7) is 6.15. The van der Waals surface area contributed by atoms with Crippen molar-refractivity contribution in [3.8, 4) is 0 Å². The molecule has 0 aromatic carbocycles. The van der Waals surface area contributed by atoms with Gasteiger partial charge in [-0.05, 0) is 30.4 Å². The van der Waals surface area contributed by atoms with Gasteiger partial charge in [0.15, 0.2) is 0 Å². The monoisotopic (exact) mass is 205 g/mol. The summed E-state index contributed by atoms with van der Waals surface area (Å²) in [4.78, 5) is 6.55. The van der Waals surface area contributed by atoms with Crippen LogP contribution in [0.5, 0.6) is 0 Å². The molecule has 0 fully saturated rings. The molecule has 0 aliphatic carbocycles. The molecule has 2 nitrogen and oxygen atoms in total. The fourth-order valence-corrected chi connectivity index (χ4v) is 2.46. The number of nitrogens with zero attached hydrogens (tertiary/aromatic N) is 2. The molecule has 1 aromatic rings. The van der Waals surface area contributed by atoms with Gasteiger partial charge in [0, 0.05) is 11.9 Å². The molecule has 0 spiro atoms. The molecule has 1 unspecified atom stereocenters. The van der Waals surface area contributed by atoms with Gasteiger partial charge in [-0.3, -0.25) is 0 Å². The van der Waals surface area contributed by atoms with E-state index in [4.69, 9.17) is 0 Å². The first-order valence-electron chi connectivity index (χ1n) is 4.62. The molecule has 1 aliphatic heterocycles. The van der Waals surface area contributed by atoms with Crippen LogP contribution in [-0.4, -0.2) is 10.9 Å². The van der Waals surface area contributed by atoms with Crippen molar-refractivity contribution in [3.63, 3.8) is 0 Å². The van der Waals surface area contributed by atoms with Crippen LogP contribution in [0.4, 0.5) is 5.82 Å². The first-order chi connectivity index (χ1) is 6.79. The van der Waals surface area contributed by atoms with Gasteiger partial charge in [0.2, 0.25) is 0 Å². The summed E-state index contributed by atoms with van der Waals surface area (Å²) < 4.78 is 0. The summed E-state index contributed by atoms with van der Waals surface area (Å²) >= 11 is 1.80. The third-order valence-electron chi connectivity index (χ3n) is 2.15. The molecule has 2 rings (SSSR count). The van der Waals surface area contributed by atoms with Crippen LogP contribution in [0.25, 0.3) is 0 Å². The molecule has 1 aliphatic rings. The van der Waals surface area contributed by atoms with E-state index in [1.165, 1.54) is 5.70 Å². The Kier molecular flexibility index (Phi) is 2.77. The number of hydrogen-bond acceptors (Lipinski definition) is 3. The van der Waals surface area contributed by atoms with Crippen molar-refractivity contribution in [2.45, 2.75) is 6.92 Å². The summed E-state index contributed by atoms with van der Waals surface area (Å²) in [7, 11) is 0. The maximum Gasteiger partial charge on any atom is 0.133 e. The summed E-state index contributed by atoms with van der Waals surface area (Å²) in [6.07, 6.45) is 1.82. The number of allylic oxidation sites excluding steroid dienone is 1. The van der Waals surface area contributed by atoms with Crippen LogP contribution in [0, 0.1) is 12.8 Å². The molecule has 2 heterocycles. The summed E-state index contributed by atoms with van der Waals surface area (Å²) in [5.41, 5.74) is 1.26. The SMILES string of the molecule is [CH2]C(C)C1=CSCN1c1ccccn1. The highest BCUT2D eigenvalue weighted by atomic mass is 32.2. The van der Waals surface area contributed by atoms with E-state index in [0.29, 0.717) is 5.92 Å². The maximum absolute atomic E-state index is 4.34. The van der Waals surface area contributed by atoms with Crippen molar-refractivity contribution < 1.29 is 0 Å². The molecule has 1 aromatic heterocycles. The third-order valence-corrected chi connectivity index (χ3v) is 2.97. The van der Waals surface area contributed by atoms with Gasteiger partial charge in [-0.15, -0.1) is 11.8 Å². The average molecular weight is 205 g/mol. The van der Waals surface area contributed by atoms with E-state index in [2.05, 4.69) is 29.1 Å². The number of hydrogen-bond donors (Lipinski definition) is 0. The maximum atomic E-state index is 4.34. The van der Waals surface area contributed by atoms with Crippen molar-refractivity contribution in [3.05, 3.63) is 42.4 Å². The molecule has 0 N–H and O–H groups in total. The Morgan fingerprint density at radius 3 is 3.07 bits per heavy atom. The van der Waals surface area contributed by atoms with Crippen molar-refractivity contribution in [2.75, 3.05) is 10.8 Å². The van der Waals surface area contributed by atoms with Gasteiger partial charge in [0.1, 0.15) is 5.82 Å². The fourth-order valence-electron chi connectivity index (χ4n) is 1.43. The van der Waals surface area contributed by atoms with E-state index in [1.54, 1.807) is 11.8 Å². The smallest absolute Gasteiger partial charge is 0.133 e. The van der Waals surface area contributed by atoms with E-state index in [0.717, 1.165) is 11.7 Å². The Morgan fingerprint density at radius 2 is 2.43 bits per heavy atom. The second-order valence-corrected chi connectivity index (χ2v) is 4.18. The van der Waals surface area contributed by atoms with Crippen LogP contribution in [0.3, 0.4) is 0 Å². The predicted molar refractivity (Wildman–Crippen MR) is 61.8 cm³/mol. The van der Waals surface area contributed by atoms with E-state index >= 15 is 0 Å². The molecule has 3 heteroatoms. The van der Waals surface area contributed by atoms with Crippen LogP contribution >= 0.6 is 11.8 Å². The fraction of sp³-hybridized carbons (Fsp3) is 0.273. The quantitative estimate of drug-likeness (QED) is 0.738. The molecular formula is C11H13N2S. The zero-order valence-electron chi connectivity index (χ0n) is 8.18. The number of anilines is 1. The van der Waals surface area contributed by atoms with Crippen LogP contribution in [0.2, 0.25) is 0 Å². The molecule has 0 amide bonds. The first kappa shape index (κ1) is 9.59. The zero-order valence-corrected chi connectivity index (χ0v) is 9.00. The molecule has 0 saturated carbocycles. The topological polar surface area (TPSA) is 16.1 Å². The third kappa shape index (κ3) is 1.77. The molecule has 0 saturated heterocycles. The second-order valence-electron chi connectivity index (χ2n) is 3.36. The number of aromatic nitrogens is 1. The van der Waals surface area contributed by atoms with Crippen LogP contribution in [-0.2, 0) is 0 Å². The highest BCUT2D eigenvalue weighted by Crippen LogP contribution is 2.31. The van der Waals surface area contributed by atoms with Crippen LogP contribution in [0.15, 0.2) is 35.5 Å². The minimum absolute atomic E-state index is 0.312. The minimum Gasteiger partial charge on any atom is -0.319 e. The normalized spacial score (nSPS) is 16.2. The van der Waals surface area contributed by atoms with E-state index in [-0.39, 0.29) is 0 Å². The molecule has 1 atom stereocenters. The standard InChI is InChI=1S/C11H13N2S/c1-9(2)10-7-14-8-13(10)11-5-3-4-6-12-11/h3-7,9H,1,8H2,2H3. The number of thioether (sulfide) groups is 1. The summed E-state index contributed by atoms with van der Waals surface area (Å²) in [5, 5.41) is 2.17. The highest BCUT2D eigenvalue weighted by molar-refractivity contribution is 8.02. The van der Waals surface area contributed by atoms with Gasteiger partial charge in [0.05, 0.1) is 5.88 Å². The van der Waals surface area contributed by atoms with Gasteiger partial charge in [0.25, 0.3) is 0 Å². The van der Waals surface area contributed by atoms with Crippen molar-refractivity contribution in [2.24, 2.45) is 5.92 Å². The van der Waals surface area contributed by atoms with E-state index in [1.807, 2.05) is 24.4 Å². The minimum atomic E-state index is 0.312. The number of rotatable bonds is 2. The van der Waals surface area contributed by atoms with Crippen molar-refractivity contribution in [1.29, 1.82) is 0 Å². The molecule has 14 heavy (non-hydrogen) atoms. The lowest BCUT2D eigenvalue weighted by atomic mass is 10.1. The van der Waals surface area contributed by atoms with Gasteiger partial charge in [-0.25, -0.2) is 4.98 Å². The van der Waals surface area contributed by atoms with Gasteiger partial charge < -0.3 is 4.90 Å². The van der Waals surface area contributed by atoms with Gasteiger partial charge >= 0.3 is 0 Å². The summed E-state index contributed by atoms with van der Waals surface area (Å²) in [5.74, 6) is 2.28. The van der Waals surface area contributed by atoms with Gasteiger partial charge in [-0.2, -0.15) is 0 Å². The second kappa shape index (κ2) is 4.05. The Morgan fingerprint density at radius 1 is 1.57 bits per heavy atom. The first-order valence-corrected chi connectivity index (χ1v) is 5.67. The Labute approximate surface area is 89.0 Å². The predicted octanol–water partition coefficient (Wildman–Crippen LogP) is 2.90.